The van der Waals surface area contributed by atoms with E-state index in [1.165, 1.54) is 4.88 Å². The molecule has 0 saturated carbocycles. The molecular weight excluding hydrogens is 282 g/mol. The Kier molecular flexibility index (Phi) is 4.08. The summed E-state index contributed by atoms with van der Waals surface area (Å²) in [4.78, 5) is 16.9. The summed E-state index contributed by atoms with van der Waals surface area (Å²) in [6.07, 6.45) is -0.0241. The van der Waals surface area contributed by atoms with Crippen LogP contribution in [-0.2, 0) is 4.74 Å². The lowest BCUT2D eigenvalue weighted by atomic mass is 10.1. The number of hydrogen-bond donors (Lipinski definition) is 0. The number of nitrogens with zero attached hydrogens (tertiary/aromatic N) is 1. The number of thiophene rings is 1. The average molecular weight is 301 g/mol. The predicted octanol–water partition coefficient (Wildman–Crippen LogP) is 3.58. The van der Waals surface area contributed by atoms with Gasteiger partial charge in [0.1, 0.15) is 6.10 Å². The summed E-state index contributed by atoms with van der Waals surface area (Å²) in [6.45, 7) is 5.93. The van der Waals surface area contributed by atoms with Crippen LogP contribution in [0.15, 0.2) is 36.4 Å². The molecule has 21 heavy (non-hydrogen) atoms. The van der Waals surface area contributed by atoms with Gasteiger partial charge in [-0.05, 0) is 25.5 Å². The van der Waals surface area contributed by atoms with E-state index in [2.05, 4.69) is 12.1 Å². The van der Waals surface area contributed by atoms with Crippen molar-refractivity contribution >= 4 is 17.2 Å². The van der Waals surface area contributed by atoms with E-state index in [9.17, 15) is 4.79 Å². The maximum atomic E-state index is 12.7. The zero-order valence-corrected chi connectivity index (χ0v) is 13.2. The van der Waals surface area contributed by atoms with Gasteiger partial charge in [0, 0.05) is 16.3 Å². The smallest absolute Gasteiger partial charge is 0.255 e. The largest absolute Gasteiger partial charge is 0.370 e. The van der Waals surface area contributed by atoms with Gasteiger partial charge in [0.05, 0.1) is 18.7 Å². The second-order valence-corrected chi connectivity index (χ2v) is 6.81. The summed E-state index contributed by atoms with van der Waals surface area (Å²) in [5.41, 5.74) is 1.97. The number of carbonyl (C=O) groups is 1. The van der Waals surface area contributed by atoms with Crippen molar-refractivity contribution in [1.82, 2.24) is 4.90 Å². The molecular formula is C17H19NO2S. The number of rotatable bonds is 2. The van der Waals surface area contributed by atoms with Crippen molar-refractivity contribution in [3.05, 3.63) is 57.3 Å². The standard InChI is InChI=1S/C17H19NO2S/c1-12-10-15(13(2)21-12)17(19)18-8-9-20-16(11-18)14-6-4-3-5-7-14/h3-7,10,16H,8-9,11H2,1-2H3. The third-order valence-corrected chi connectivity index (χ3v) is 4.76. The van der Waals surface area contributed by atoms with Crippen molar-refractivity contribution in [2.45, 2.75) is 20.0 Å². The lowest BCUT2D eigenvalue weighted by Gasteiger charge is -2.33. The molecule has 3 rings (SSSR count). The van der Waals surface area contributed by atoms with Gasteiger partial charge in [-0.25, -0.2) is 0 Å². The molecule has 110 valence electrons. The molecule has 0 radical (unpaired) electrons. The molecule has 0 aliphatic carbocycles. The fraction of sp³-hybridized carbons (Fsp3) is 0.353. The minimum Gasteiger partial charge on any atom is -0.370 e. The first-order chi connectivity index (χ1) is 10.1. The maximum Gasteiger partial charge on any atom is 0.255 e. The highest BCUT2D eigenvalue weighted by Gasteiger charge is 2.27. The molecule has 1 aromatic carbocycles. The Morgan fingerprint density at radius 1 is 1.29 bits per heavy atom. The quantitative estimate of drug-likeness (QED) is 0.848. The maximum absolute atomic E-state index is 12.7. The van der Waals surface area contributed by atoms with Gasteiger partial charge in [0.25, 0.3) is 5.91 Å². The first kappa shape index (κ1) is 14.3. The topological polar surface area (TPSA) is 29.5 Å². The van der Waals surface area contributed by atoms with Gasteiger partial charge in [-0.1, -0.05) is 30.3 Å². The summed E-state index contributed by atoms with van der Waals surface area (Å²) in [5, 5.41) is 0. The van der Waals surface area contributed by atoms with Crippen molar-refractivity contribution in [3.8, 4) is 0 Å². The molecule has 0 bridgehead atoms. The van der Waals surface area contributed by atoms with Crippen LogP contribution in [0.25, 0.3) is 0 Å². The van der Waals surface area contributed by atoms with E-state index < -0.39 is 0 Å². The first-order valence-electron chi connectivity index (χ1n) is 7.18. The van der Waals surface area contributed by atoms with Crippen molar-refractivity contribution in [2.24, 2.45) is 0 Å². The van der Waals surface area contributed by atoms with E-state index in [-0.39, 0.29) is 12.0 Å². The Morgan fingerprint density at radius 3 is 2.71 bits per heavy atom. The zero-order chi connectivity index (χ0) is 14.8. The highest BCUT2D eigenvalue weighted by Crippen LogP contribution is 2.26. The molecule has 1 amide bonds. The molecule has 1 aliphatic rings. The Labute approximate surface area is 129 Å². The molecule has 1 saturated heterocycles. The number of aryl methyl sites for hydroxylation is 2. The number of morpholine rings is 1. The van der Waals surface area contributed by atoms with E-state index in [0.717, 1.165) is 16.0 Å². The molecule has 1 aliphatic heterocycles. The van der Waals surface area contributed by atoms with Gasteiger partial charge in [-0.3, -0.25) is 4.79 Å². The first-order valence-corrected chi connectivity index (χ1v) is 7.99. The number of hydrogen-bond acceptors (Lipinski definition) is 3. The summed E-state index contributed by atoms with van der Waals surface area (Å²) in [7, 11) is 0. The van der Waals surface area contributed by atoms with Gasteiger partial charge in [-0.2, -0.15) is 0 Å². The number of ether oxygens (including phenoxy) is 1. The zero-order valence-electron chi connectivity index (χ0n) is 12.3. The van der Waals surface area contributed by atoms with Gasteiger partial charge < -0.3 is 9.64 Å². The molecule has 2 aromatic rings. The normalized spacial score (nSPS) is 18.8. The van der Waals surface area contributed by atoms with Gasteiger partial charge in [-0.15, -0.1) is 11.3 Å². The van der Waals surface area contributed by atoms with Gasteiger partial charge in [0.15, 0.2) is 0 Å². The third-order valence-electron chi connectivity index (χ3n) is 3.80. The number of carbonyl (C=O) groups excluding carboxylic acids is 1. The van der Waals surface area contributed by atoms with Gasteiger partial charge in [0.2, 0.25) is 0 Å². The van der Waals surface area contributed by atoms with Crippen LogP contribution in [0.5, 0.6) is 0 Å². The molecule has 0 spiro atoms. The fourth-order valence-electron chi connectivity index (χ4n) is 2.72. The Morgan fingerprint density at radius 2 is 2.05 bits per heavy atom. The van der Waals surface area contributed by atoms with Crippen molar-refractivity contribution in [2.75, 3.05) is 19.7 Å². The highest BCUT2D eigenvalue weighted by molar-refractivity contribution is 7.12. The van der Waals surface area contributed by atoms with Crippen LogP contribution in [0, 0.1) is 13.8 Å². The van der Waals surface area contributed by atoms with Crippen LogP contribution in [0.3, 0.4) is 0 Å². The minimum absolute atomic E-state index is 0.0241. The molecule has 3 nitrogen and oxygen atoms in total. The van der Waals surface area contributed by atoms with E-state index in [4.69, 9.17) is 4.74 Å². The average Bonchev–Trinajstić information content (AvgIpc) is 2.86. The van der Waals surface area contributed by atoms with Crippen molar-refractivity contribution in [3.63, 3.8) is 0 Å². The Hall–Kier alpha value is -1.65. The molecule has 1 unspecified atom stereocenters. The highest BCUT2D eigenvalue weighted by atomic mass is 32.1. The predicted molar refractivity (Wildman–Crippen MR) is 84.8 cm³/mol. The molecule has 2 heterocycles. The van der Waals surface area contributed by atoms with Crippen molar-refractivity contribution in [1.29, 1.82) is 0 Å². The van der Waals surface area contributed by atoms with E-state index in [0.29, 0.717) is 19.7 Å². The monoisotopic (exact) mass is 301 g/mol. The van der Waals surface area contributed by atoms with E-state index in [1.54, 1.807) is 11.3 Å². The summed E-state index contributed by atoms with van der Waals surface area (Å²) in [5.74, 6) is 0.126. The summed E-state index contributed by atoms with van der Waals surface area (Å²) in [6, 6.07) is 12.1. The van der Waals surface area contributed by atoms with Crippen LogP contribution in [-0.4, -0.2) is 30.5 Å². The lowest BCUT2D eigenvalue weighted by Crippen LogP contribution is -2.42. The lowest BCUT2D eigenvalue weighted by molar-refractivity contribution is -0.0228. The van der Waals surface area contributed by atoms with Crippen molar-refractivity contribution < 1.29 is 9.53 Å². The number of amides is 1. The SMILES string of the molecule is Cc1cc(C(=O)N2CCOC(c3ccccc3)C2)c(C)s1. The van der Waals surface area contributed by atoms with E-state index in [1.807, 2.05) is 43.0 Å². The third kappa shape index (κ3) is 3.01. The second-order valence-electron chi connectivity index (χ2n) is 5.35. The fourth-order valence-corrected chi connectivity index (χ4v) is 3.63. The van der Waals surface area contributed by atoms with E-state index >= 15 is 0 Å². The van der Waals surface area contributed by atoms with Gasteiger partial charge >= 0.3 is 0 Å². The summed E-state index contributed by atoms with van der Waals surface area (Å²) >= 11 is 1.68. The Bertz CT molecular complexity index is 635. The van der Waals surface area contributed by atoms with Crippen LogP contribution in [0.4, 0.5) is 0 Å². The molecule has 0 N–H and O–H groups in total. The minimum atomic E-state index is -0.0241. The summed E-state index contributed by atoms with van der Waals surface area (Å²) < 4.78 is 5.82. The second kappa shape index (κ2) is 6.00. The van der Waals surface area contributed by atoms with Crippen LogP contribution in [0.1, 0.15) is 31.8 Å². The molecule has 1 atom stereocenters. The van der Waals surface area contributed by atoms with Crippen LogP contribution >= 0.6 is 11.3 Å². The molecule has 4 heteroatoms. The number of benzene rings is 1. The van der Waals surface area contributed by atoms with Crippen LogP contribution < -0.4 is 0 Å². The Balaban J connectivity index is 1.77. The molecule has 1 fully saturated rings. The molecule has 1 aromatic heterocycles. The van der Waals surface area contributed by atoms with Crippen LogP contribution in [0.2, 0.25) is 0 Å².